The lowest BCUT2D eigenvalue weighted by Gasteiger charge is -2.23. The van der Waals surface area contributed by atoms with Crippen LogP contribution in [0.4, 0.5) is 5.69 Å². The molecule has 0 bridgehead atoms. The normalized spacial score (nSPS) is 11.6. The fourth-order valence-electron chi connectivity index (χ4n) is 3.73. The Morgan fingerprint density at radius 3 is 2.06 bits per heavy atom. The first-order chi connectivity index (χ1) is 16.8. The van der Waals surface area contributed by atoms with E-state index >= 15 is 0 Å². The minimum absolute atomic E-state index is 0.213. The second-order valence-corrected chi connectivity index (χ2v) is 10.3. The number of aryl methyl sites for hydroxylation is 1. The molecule has 182 valence electrons. The van der Waals surface area contributed by atoms with E-state index in [0.717, 1.165) is 33.8 Å². The third kappa shape index (κ3) is 5.50. The maximum Gasteiger partial charge on any atom is 0.243 e. The Morgan fingerprint density at radius 2 is 1.54 bits per heavy atom. The fourth-order valence-corrected chi connectivity index (χ4v) is 5.23. The third-order valence-corrected chi connectivity index (χ3v) is 7.52. The van der Waals surface area contributed by atoms with Crippen molar-refractivity contribution < 1.29 is 13.2 Å². The Morgan fingerprint density at radius 1 is 0.914 bits per heavy atom. The number of rotatable bonds is 9. The summed E-state index contributed by atoms with van der Waals surface area (Å²) in [5, 5.41) is 11.2. The van der Waals surface area contributed by atoms with Crippen LogP contribution in [0.1, 0.15) is 16.7 Å². The SMILES string of the molecule is COc1ccc(CN(Cc2ccc(N(C)C)cc2)S(=O)(=O)c2ccc(-n3cnnn3)c(C)c2)cc1. The largest absolute Gasteiger partial charge is 0.497 e. The second kappa shape index (κ2) is 10.2. The van der Waals surface area contributed by atoms with Crippen LogP contribution in [0.2, 0.25) is 0 Å². The first-order valence-electron chi connectivity index (χ1n) is 11.0. The first kappa shape index (κ1) is 24.4. The van der Waals surface area contributed by atoms with Gasteiger partial charge in [-0.3, -0.25) is 0 Å². The molecule has 4 aromatic rings. The molecule has 0 spiro atoms. The van der Waals surface area contributed by atoms with Crippen molar-refractivity contribution in [3.63, 3.8) is 0 Å². The van der Waals surface area contributed by atoms with Crippen LogP contribution in [-0.4, -0.2) is 54.1 Å². The topological polar surface area (TPSA) is 93.5 Å². The van der Waals surface area contributed by atoms with E-state index in [-0.39, 0.29) is 18.0 Å². The third-order valence-electron chi connectivity index (χ3n) is 5.73. The van der Waals surface area contributed by atoms with Gasteiger partial charge in [-0.15, -0.1) is 5.10 Å². The van der Waals surface area contributed by atoms with Crippen LogP contribution < -0.4 is 9.64 Å². The van der Waals surface area contributed by atoms with Crippen molar-refractivity contribution in [3.8, 4) is 11.4 Å². The second-order valence-electron chi connectivity index (χ2n) is 8.38. The highest BCUT2D eigenvalue weighted by Crippen LogP contribution is 2.25. The van der Waals surface area contributed by atoms with Gasteiger partial charge in [0.2, 0.25) is 10.0 Å². The van der Waals surface area contributed by atoms with Gasteiger partial charge in [0.05, 0.1) is 17.7 Å². The molecule has 1 heterocycles. The Labute approximate surface area is 205 Å². The number of methoxy groups -OCH3 is 1. The van der Waals surface area contributed by atoms with E-state index in [1.54, 1.807) is 25.3 Å². The molecule has 3 aromatic carbocycles. The van der Waals surface area contributed by atoms with E-state index < -0.39 is 10.0 Å². The highest BCUT2D eigenvalue weighted by atomic mass is 32.2. The zero-order valence-electron chi connectivity index (χ0n) is 20.2. The van der Waals surface area contributed by atoms with Crippen LogP contribution >= 0.6 is 0 Å². The van der Waals surface area contributed by atoms with Gasteiger partial charge in [0.25, 0.3) is 0 Å². The standard InChI is InChI=1S/C25H28N6O3S/c1-19-15-24(13-14-25(19)31-18-26-27-28-31)35(32,33)30(17-21-7-11-23(34-4)12-8-21)16-20-5-9-22(10-6-20)29(2)3/h5-15,18H,16-17H2,1-4H3. The molecule has 0 aliphatic carbocycles. The summed E-state index contributed by atoms with van der Waals surface area (Å²) in [4.78, 5) is 2.22. The Hall–Kier alpha value is -3.76. The van der Waals surface area contributed by atoms with Crippen molar-refractivity contribution in [2.45, 2.75) is 24.9 Å². The van der Waals surface area contributed by atoms with Gasteiger partial charge in [0.15, 0.2) is 0 Å². The predicted molar refractivity (Wildman–Crippen MR) is 134 cm³/mol. The molecule has 0 saturated heterocycles. The first-order valence-corrected chi connectivity index (χ1v) is 12.5. The number of hydrogen-bond donors (Lipinski definition) is 0. The number of anilines is 1. The zero-order chi connectivity index (χ0) is 25.0. The summed E-state index contributed by atoms with van der Waals surface area (Å²) in [6.45, 7) is 2.29. The number of benzene rings is 3. The van der Waals surface area contributed by atoms with Crippen LogP contribution in [0, 0.1) is 6.92 Å². The molecule has 0 unspecified atom stereocenters. The van der Waals surface area contributed by atoms with Crippen LogP contribution in [-0.2, 0) is 23.1 Å². The number of tetrazole rings is 1. The number of aromatic nitrogens is 4. The summed E-state index contributed by atoms with van der Waals surface area (Å²) < 4.78 is 35.9. The number of hydrogen-bond acceptors (Lipinski definition) is 7. The molecule has 10 heteroatoms. The van der Waals surface area contributed by atoms with Crippen molar-refractivity contribution in [2.75, 3.05) is 26.1 Å². The van der Waals surface area contributed by atoms with E-state index in [0.29, 0.717) is 0 Å². The quantitative estimate of drug-likeness (QED) is 0.353. The van der Waals surface area contributed by atoms with Crippen LogP contribution in [0.25, 0.3) is 5.69 Å². The monoisotopic (exact) mass is 492 g/mol. The zero-order valence-corrected chi connectivity index (χ0v) is 21.0. The lowest BCUT2D eigenvalue weighted by Crippen LogP contribution is -2.30. The lowest BCUT2D eigenvalue weighted by atomic mass is 10.2. The van der Waals surface area contributed by atoms with Gasteiger partial charge in [-0.05, 0) is 76.5 Å². The fraction of sp³-hybridized carbons (Fsp3) is 0.240. The molecule has 35 heavy (non-hydrogen) atoms. The molecule has 9 nitrogen and oxygen atoms in total. The smallest absolute Gasteiger partial charge is 0.243 e. The number of nitrogens with zero attached hydrogens (tertiary/aromatic N) is 6. The maximum absolute atomic E-state index is 13.8. The summed E-state index contributed by atoms with van der Waals surface area (Å²) in [7, 11) is 1.72. The van der Waals surface area contributed by atoms with Crippen molar-refractivity contribution in [3.05, 3.63) is 89.7 Å². The minimum atomic E-state index is -3.82. The van der Waals surface area contributed by atoms with E-state index in [1.807, 2.05) is 74.4 Å². The highest BCUT2D eigenvalue weighted by molar-refractivity contribution is 7.89. The molecular formula is C25H28N6O3S. The van der Waals surface area contributed by atoms with Crippen molar-refractivity contribution in [1.29, 1.82) is 0 Å². The van der Waals surface area contributed by atoms with Gasteiger partial charge in [0.1, 0.15) is 12.1 Å². The van der Waals surface area contributed by atoms with E-state index in [4.69, 9.17) is 4.74 Å². The summed E-state index contributed by atoms with van der Waals surface area (Å²) in [5.41, 5.74) is 4.27. The molecular weight excluding hydrogens is 464 g/mol. The molecule has 0 radical (unpaired) electrons. The average Bonchev–Trinajstić information content (AvgIpc) is 3.39. The molecule has 4 rings (SSSR count). The molecule has 0 atom stereocenters. The number of ether oxygens (including phenoxy) is 1. The van der Waals surface area contributed by atoms with Crippen molar-refractivity contribution in [2.24, 2.45) is 0 Å². The van der Waals surface area contributed by atoms with E-state index in [2.05, 4.69) is 15.5 Å². The molecule has 0 amide bonds. The van der Waals surface area contributed by atoms with Crippen LogP contribution in [0.3, 0.4) is 0 Å². The van der Waals surface area contributed by atoms with Gasteiger partial charge < -0.3 is 9.64 Å². The summed E-state index contributed by atoms with van der Waals surface area (Å²) in [6, 6.07) is 20.3. The Bertz CT molecular complexity index is 1370. The van der Waals surface area contributed by atoms with Crippen LogP contribution in [0.5, 0.6) is 5.75 Å². The van der Waals surface area contributed by atoms with E-state index in [9.17, 15) is 8.42 Å². The van der Waals surface area contributed by atoms with Crippen LogP contribution in [0.15, 0.2) is 78.0 Å². The van der Waals surface area contributed by atoms with Crippen molar-refractivity contribution >= 4 is 15.7 Å². The highest BCUT2D eigenvalue weighted by Gasteiger charge is 2.26. The summed E-state index contributed by atoms with van der Waals surface area (Å²) in [6.07, 6.45) is 1.48. The molecule has 0 saturated carbocycles. The Kier molecular flexibility index (Phi) is 7.13. The predicted octanol–water partition coefficient (Wildman–Crippen LogP) is 3.44. The Balaban J connectivity index is 1.68. The van der Waals surface area contributed by atoms with Gasteiger partial charge >= 0.3 is 0 Å². The lowest BCUT2D eigenvalue weighted by molar-refractivity contribution is 0.399. The molecule has 1 aromatic heterocycles. The molecule has 0 aliphatic rings. The molecule has 0 aliphatic heterocycles. The van der Waals surface area contributed by atoms with Gasteiger partial charge in [0, 0.05) is 32.9 Å². The van der Waals surface area contributed by atoms with Gasteiger partial charge in [-0.25, -0.2) is 13.1 Å². The number of sulfonamides is 1. The molecule has 0 N–H and O–H groups in total. The minimum Gasteiger partial charge on any atom is -0.497 e. The maximum atomic E-state index is 13.8. The summed E-state index contributed by atoms with van der Waals surface area (Å²) >= 11 is 0. The average molecular weight is 493 g/mol. The van der Waals surface area contributed by atoms with Crippen molar-refractivity contribution in [1.82, 2.24) is 24.5 Å². The van der Waals surface area contributed by atoms with E-state index in [1.165, 1.54) is 15.3 Å². The van der Waals surface area contributed by atoms with Gasteiger partial charge in [-0.2, -0.15) is 4.31 Å². The molecule has 0 fully saturated rings. The summed E-state index contributed by atoms with van der Waals surface area (Å²) in [5.74, 6) is 0.719. The van der Waals surface area contributed by atoms with Gasteiger partial charge in [-0.1, -0.05) is 24.3 Å².